The smallest absolute Gasteiger partial charge is 0.308 e. The quantitative estimate of drug-likeness (QED) is 0.559. The monoisotopic (exact) mass is 242 g/mol. The van der Waals surface area contributed by atoms with Crippen LogP contribution in [0, 0.1) is 0 Å². The normalized spacial score (nSPS) is 31.4. The number of ether oxygens (including phenoxy) is 3. The van der Waals surface area contributed by atoms with E-state index in [4.69, 9.17) is 14.2 Å². The van der Waals surface area contributed by atoms with E-state index >= 15 is 0 Å². The summed E-state index contributed by atoms with van der Waals surface area (Å²) in [6.45, 7) is 0. The van der Waals surface area contributed by atoms with Crippen LogP contribution < -0.4 is 0 Å². The van der Waals surface area contributed by atoms with E-state index in [1.54, 1.807) is 14.2 Å². The molecule has 2 unspecified atom stereocenters. The molecule has 0 radical (unpaired) electrons. The minimum atomic E-state index is -0.598. The minimum Gasteiger partial charge on any atom is -0.469 e. The zero-order chi connectivity index (χ0) is 12.7. The number of rotatable bonds is 4. The molecule has 0 N–H and O–H groups in total. The lowest BCUT2D eigenvalue weighted by molar-refractivity contribution is -0.157. The molecule has 17 heavy (non-hydrogen) atoms. The van der Waals surface area contributed by atoms with Gasteiger partial charge in [0.15, 0.2) is 0 Å². The molecule has 1 rings (SSSR count). The molecule has 0 aromatic heterocycles. The number of allylic oxidation sites excluding steroid dienone is 1. The van der Waals surface area contributed by atoms with Gasteiger partial charge in [0.1, 0.15) is 11.7 Å². The van der Waals surface area contributed by atoms with Gasteiger partial charge in [0.2, 0.25) is 0 Å². The van der Waals surface area contributed by atoms with Crippen molar-refractivity contribution in [2.24, 2.45) is 0 Å². The third-order valence-electron chi connectivity index (χ3n) is 3.38. The molecule has 0 aliphatic heterocycles. The minimum absolute atomic E-state index is 0.202. The van der Waals surface area contributed by atoms with Crippen LogP contribution in [0.5, 0.6) is 0 Å². The Labute approximate surface area is 103 Å². The largest absolute Gasteiger partial charge is 0.469 e. The molecule has 98 valence electrons. The van der Waals surface area contributed by atoms with Crippen molar-refractivity contribution < 1.29 is 19.0 Å². The highest BCUT2D eigenvalue weighted by atomic mass is 16.5. The molecule has 2 atom stereocenters. The standard InChI is InChI=1S/C13H22O4/c1-15-11-8-6-4-5-7-9-13(11,17-3)10-12(14)16-2/h6,8,11H,4-5,7,9-10H2,1-3H3/b8-6-. The summed E-state index contributed by atoms with van der Waals surface area (Å²) < 4.78 is 15.8. The van der Waals surface area contributed by atoms with Crippen molar-refractivity contribution in [3.05, 3.63) is 12.2 Å². The fourth-order valence-electron chi connectivity index (χ4n) is 2.31. The highest BCUT2D eigenvalue weighted by Crippen LogP contribution is 2.32. The van der Waals surface area contributed by atoms with Gasteiger partial charge in [-0.15, -0.1) is 0 Å². The number of hydrogen-bond acceptors (Lipinski definition) is 4. The number of methoxy groups -OCH3 is 3. The Morgan fingerprint density at radius 2 is 2.12 bits per heavy atom. The first-order valence-corrected chi connectivity index (χ1v) is 6.00. The van der Waals surface area contributed by atoms with E-state index in [-0.39, 0.29) is 18.5 Å². The Balaban J connectivity index is 2.91. The van der Waals surface area contributed by atoms with Gasteiger partial charge < -0.3 is 14.2 Å². The lowest BCUT2D eigenvalue weighted by atomic mass is 9.84. The summed E-state index contributed by atoms with van der Waals surface area (Å²) in [6, 6.07) is 0. The van der Waals surface area contributed by atoms with Gasteiger partial charge >= 0.3 is 5.97 Å². The van der Waals surface area contributed by atoms with Gasteiger partial charge in [0.05, 0.1) is 13.5 Å². The molecule has 1 aliphatic rings. The molecule has 0 heterocycles. The number of carbonyl (C=O) groups is 1. The van der Waals surface area contributed by atoms with E-state index in [1.165, 1.54) is 7.11 Å². The van der Waals surface area contributed by atoms with Gasteiger partial charge in [0, 0.05) is 14.2 Å². The van der Waals surface area contributed by atoms with Crippen LogP contribution in [0.1, 0.15) is 32.1 Å². The van der Waals surface area contributed by atoms with Gasteiger partial charge in [0.25, 0.3) is 0 Å². The maximum atomic E-state index is 11.5. The van der Waals surface area contributed by atoms with Crippen LogP contribution in [0.15, 0.2) is 12.2 Å². The lowest BCUT2D eigenvalue weighted by Crippen LogP contribution is -2.46. The first kappa shape index (κ1) is 14.2. The predicted molar refractivity (Wildman–Crippen MR) is 64.8 cm³/mol. The Bertz CT molecular complexity index is 275. The number of hydrogen-bond donors (Lipinski definition) is 0. The van der Waals surface area contributed by atoms with Crippen LogP contribution in [0.25, 0.3) is 0 Å². The molecule has 4 heteroatoms. The van der Waals surface area contributed by atoms with E-state index < -0.39 is 5.60 Å². The Morgan fingerprint density at radius 1 is 1.35 bits per heavy atom. The Hall–Kier alpha value is -0.870. The van der Waals surface area contributed by atoms with Crippen molar-refractivity contribution in [3.63, 3.8) is 0 Å². The Morgan fingerprint density at radius 3 is 2.71 bits per heavy atom. The molecule has 0 aromatic rings. The van der Waals surface area contributed by atoms with E-state index in [1.807, 2.05) is 6.08 Å². The van der Waals surface area contributed by atoms with Crippen LogP contribution in [0.4, 0.5) is 0 Å². The summed E-state index contributed by atoms with van der Waals surface area (Å²) in [6.07, 6.45) is 8.10. The lowest BCUT2D eigenvalue weighted by Gasteiger charge is -2.37. The SMILES string of the molecule is COC(=O)CC1(OC)CCCC/C=C\C1OC. The second-order valence-corrected chi connectivity index (χ2v) is 4.35. The first-order valence-electron chi connectivity index (χ1n) is 6.00. The highest BCUT2D eigenvalue weighted by molar-refractivity contribution is 5.70. The van der Waals surface area contributed by atoms with E-state index in [2.05, 4.69) is 6.08 Å². The number of esters is 1. The molecule has 4 nitrogen and oxygen atoms in total. The molecular weight excluding hydrogens is 220 g/mol. The molecular formula is C13H22O4. The van der Waals surface area contributed by atoms with Gasteiger partial charge in [-0.25, -0.2) is 0 Å². The maximum absolute atomic E-state index is 11.5. The van der Waals surface area contributed by atoms with Crippen LogP contribution in [0.2, 0.25) is 0 Å². The molecule has 0 saturated heterocycles. The average molecular weight is 242 g/mol. The van der Waals surface area contributed by atoms with Gasteiger partial charge in [-0.3, -0.25) is 4.79 Å². The fraction of sp³-hybridized carbons (Fsp3) is 0.769. The third-order valence-corrected chi connectivity index (χ3v) is 3.38. The zero-order valence-electron chi connectivity index (χ0n) is 10.9. The van der Waals surface area contributed by atoms with Crippen LogP contribution in [-0.4, -0.2) is 39.0 Å². The van der Waals surface area contributed by atoms with Gasteiger partial charge in [-0.2, -0.15) is 0 Å². The van der Waals surface area contributed by atoms with Crippen LogP contribution >= 0.6 is 0 Å². The molecule has 0 spiro atoms. The predicted octanol–water partition coefficient (Wildman–Crippen LogP) is 2.08. The van der Waals surface area contributed by atoms with Crippen molar-refractivity contribution in [3.8, 4) is 0 Å². The summed E-state index contributed by atoms with van der Waals surface area (Å²) in [7, 11) is 4.67. The van der Waals surface area contributed by atoms with Crippen molar-refractivity contribution in [2.45, 2.75) is 43.8 Å². The zero-order valence-corrected chi connectivity index (χ0v) is 10.9. The molecule has 0 amide bonds. The van der Waals surface area contributed by atoms with E-state index in [0.29, 0.717) is 0 Å². The van der Waals surface area contributed by atoms with Crippen molar-refractivity contribution >= 4 is 5.97 Å². The molecule has 0 saturated carbocycles. The number of carbonyl (C=O) groups excluding carboxylic acids is 1. The highest BCUT2D eigenvalue weighted by Gasteiger charge is 2.40. The van der Waals surface area contributed by atoms with Crippen molar-refractivity contribution in [1.82, 2.24) is 0 Å². The first-order chi connectivity index (χ1) is 8.18. The summed E-state index contributed by atoms with van der Waals surface area (Å²) in [5.41, 5.74) is -0.598. The molecule has 0 fully saturated rings. The summed E-state index contributed by atoms with van der Waals surface area (Å²) in [5.74, 6) is -0.261. The van der Waals surface area contributed by atoms with Crippen LogP contribution in [0.3, 0.4) is 0 Å². The third kappa shape index (κ3) is 3.54. The summed E-state index contributed by atoms with van der Waals surface area (Å²) >= 11 is 0. The topological polar surface area (TPSA) is 44.8 Å². The van der Waals surface area contributed by atoms with E-state index in [9.17, 15) is 4.79 Å². The van der Waals surface area contributed by atoms with E-state index in [0.717, 1.165) is 25.7 Å². The molecule has 1 aliphatic carbocycles. The summed E-state index contributed by atoms with van der Waals surface area (Å²) in [5, 5.41) is 0. The Kier molecular flexibility index (Phi) is 5.65. The molecule has 0 aromatic carbocycles. The second-order valence-electron chi connectivity index (χ2n) is 4.35. The fourth-order valence-corrected chi connectivity index (χ4v) is 2.31. The van der Waals surface area contributed by atoms with Gasteiger partial charge in [-0.05, 0) is 19.3 Å². The molecule has 0 bridgehead atoms. The summed E-state index contributed by atoms with van der Waals surface area (Å²) in [4.78, 5) is 11.5. The van der Waals surface area contributed by atoms with Gasteiger partial charge in [-0.1, -0.05) is 18.6 Å². The van der Waals surface area contributed by atoms with Crippen molar-refractivity contribution in [1.29, 1.82) is 0 Å². The van der Waals surface area contributed by atoms with Crippen LogP contribution in [-0.2, 0) is 19.0 Å². The second kappa shape index (κ2) is 6.77. The maximum Gasteiger partial charge on any atom is 0.308 e. The average Bonchev–Trinajstić information content (AvgIpc) is 2.33. The van der Waals surface area contributed by atoms with Crippen molar-refractivity contribution in [2.75, 3.05) is 21.3 Å².